The van der Waals surface area contributed by atoms with Crippen molar-refractivity contribution in [1.29, 1.82) is 0 Å². The van der Waals surface area contributed by atoms with Crippen LogP contribution in [0, 0.1) is 0 Å². The first-order valence-electron chi connectivity index (χ1n) is 3.85. The lowest BCUT2D eigenvalue weighted by molar-refractivity contribution is -0.114. The van der Waals surface area contributed by atoms with Gasteiger partial charge in [0.2, 0.25) is 0 Å². The number of amidine groups is 1. The standard InChI is InChI=1S/C7H8N2.CHN4/c8-7(9)6-4-2-1-3-5-6;1-2-4-5-3-1/h1-5H,(H3,8,9);1H/q;-1/p+1. The fourth-order valence-corrected chi connectivity index (χ4v) is 0.746. The van der Waals surface area contributed by atoms with E-state index in [1.165, 1.54) is 6.33 Å². The quantitative estimate of drug-likeness (QED) is 0.399. The van der Waals surface area contributed by atoms with Crippen LogP contribution in [0.15, 0.2) is 36.7 Å². The van der Waals surface area contributed by atoms with Crippen molar-refractivity contribution in [3.8, 4) is 0 Å². The summed E-state index contributed by atoms with van der Waals surface area (Å²) in [6.45, 7) is 0. The molecule has 0 saturated heterocycles. The van der Waals surface area contributed by atoms with Crippen LogP contribution in [0.2, 0.25) is 0 Å². The van der Waals surface area contributed by atoms with Gasteiger partial charge in [0.15, 0.2) is 0 Å². The summed E-state index contributed by atoms with van der Waals surface area (Å²) in [5.74, 6) is 0.371. The zero-order valence-corrected chi connectivity index (χ0v) is 7.41. The summed E-state index contributed by atoms with van der Waals surface area (Å²) in [6.07, 6.45) is 1.28. The van der Waals surface area contributed by atoms with E-state index in [2.05, 4.69) is 20.6 Å². The Morgan fingerprint density at radius 1 is 1.29 bits per heavy atom. The summed E-state index contributed by atoms with van der Waals surface area (Å²) in [5.41, 5.74) is 6.19. The van der Waals surface area contributed by atoms with Gasteiger partial charge in [0.1, 0.15) is 0 Å². The minimum Gasteiger partial charge on any atom is -0.339 e. The normalized spacial score (nSPS) is 8.57. The monoisotopic (exact) mass is 190 g/mol. The van der Waals surface area contributed by atoms with Crippen LogP contribution in [0.4, 0.5) is 0 Å². The zero-order chi connectivity index (χ0) is 10.2. The highest BCUT2D eigenvalue weighted by molar-refractivity contribution is 5.92. The van der Waals surface area contributed by atoms with Crippen LogP contribution < -0.4 is 16.2 Å². The summed E-state index contributed by atoms with van der Waals surface area (Å²) in [6, 6.07) is 9.46. The molecule has 6 heteroatoms. The van der Waals surface area contributed by atoms with Gasteiger partial charge in [-0.2, -0.15) is 5.21 Å². The molecule has 0 spiro atoms. The number of hydrogen-bond acceptors (Lipinski definition) is 3. The van der Waals surface area contributed by atoms with Crippen LogP contribution in [0.25, 0.3) is 0 Å². The Labute approximate surface area is 80.7 Å². The van der Waals surface area contributed by atoms with Gasteiger partial charge in [-0.15, -0.1) is 0 Å². The fourth-order valence-electron chi connectivity index (χ4n) is 0.746. The molecule has 0 amide bonds. The van der Waals surface area contributed by atoms with E-state index < -0.39 is 0 Å². The SMILES string of the molecule is NC(=[NH2+])c1ccccc1.c1nnn[n-]1. The molecule has 1 heterocycles. The molecule has 1 aromatic heterocycles. The van der Waals surface area contributed by atoms with Crippen LogP contribution in [0.3, 0.4) is 0 Å². The average Bonchev–Trinajstić information content (AvgIpc) is 2.77. The lowest BCUT2D eigenvalue weighted by Gasteiger charge is -1.87. The van der Waals surface area contributed by atoms with Gasteiger partial charge in [0.25, 0.3) is 5.84 Å². The van der Waals surface area contributed by atoms with Crippen molar-refractivity contribution < 1.29 is 5.41 Å². The second-order valence-corrected chi connectivity index (χ2v) is 2.35. The highest BCUT2D eigenvalue weighted by atomic mass is 15.5. The van der Waals surface area contributed by atoms with Gasteiger partial charge in [0.05, 0.1) is 5.56 Å². The molecule has 72 valence electrons. The van der Waals surface area contributed by atoms with Crippen molar-refractivity contribution in [2.24, 2.45) is 5.73 Å². The van der Waals surface area contributed by atoms with Crippen molar-refractivity contribution >= 4 is 5.84 Å². The molecule has 4 N–H and O–H groups in total. The Kier molecular flexibility index (Phi) is 3.81. The van der Waals surface area contributed by atoms with E-state index in [1.807, 2.05) is 30.3 Å². The van der Waals surface area contributed by atoms with E-state index >= 15 is 0 Å². The summed E-state index contributed by atoms with van der Waals surface area (Å²) in [4.78, 5) is 0. The van der Waals surface area contributed by atoms with Crippen LogP contribution in [0.5, 0.6) is 0 Å². The second-order valence-electron chi connectivity index (χ2n) is 2.35. The van der Waals surface area contributed by atoms with Crippen LogP contribution in [0.1, 0.15) is 5.56 Å². The van der Waals surface area contributed by atoms with Crippen molar-refractivity contribution in [2.45, 2.75) is 0 Å². The fraction of sp³-hybridized carbons (Fsp3) is 0. The molecule has 0 bridgehead atoms. The number of nitrogens with two attached hydrogens (primary N) is 2. The van der Waals surface area contributed by atoms with E-state index in [9.17, 15) is 0 Å². The minimum absolute atomic E-state index is 0.371. The van der Waals surface area contributed by atoms with Crippen LogP contribution in [-0.2, 0) is 0 Å². The van der Waals surface area contributed by atoms with Crippen LogP contribution in [-0.4, -0.2) is 21.4 Å². The molecule has 2 rings (SSSR count). The first kappa shape index (κ1) is 9.85. The maximum atomic E-state index is 5.31. The van der Waals surface area contributed by atoms with Gasteiger partial charge >= 0.3 is 0 Å². The van der Waals surface area contributed by atoms with E-state index in [4.69, 9.17) is 11.1 Å². The molecule has 0 radical (unpaired) electrons. The number of benzene rings is 1. The van der Waals surface area contributed by atoms with Gasteiger partial charge in [-0.3, -0.25) is 21.5 Å². The van der Waals surface area contributed by atoms with E-state index in [1.54, 1.807) is 0 Å². The number of nitrogens with zero attached hydrogens (tertiary/aromatic N) is 4. The van der Waals surface area contributed by atoms with Gasteiger partial charge < -0.3 is 5.10 Å². The molecular weight excluding hydrogens is 180 g/mol. The molecule has 0 aliphatic carbocycles. The number of tetrazole rings is 1. The second kappa shape index (κ2) is 5.41. The smallest absolute Gasteiger partial charge is 0.270 e. The molecule has 0 fully saturated rings. The molecule has 14 heavy (non-hydrogen) atoms. The first-order chi connectivity index (χ1) is 6.80. The lowest BCUT2D eigenvalue weighted by Crippen LogP contribution is -2.46. The van der Waals surface area contributed by atoms with E-state index in [-0.39, 0.29) is 0 Å². The third kappa shape index (κ3) is 3.44. The highest BCUT2D eigenvalue weighted by Crippen LogP contribution is 1.93. The summed E-state index contributed by atoms with van der Waals surface area (Å²) >= 11 is 0. The highest BCUT2D eigenvalue weighted by Gasteiger charge is 1.95. The largest absolute Gasteiger partial charge is 0.339 e. The Balaban J connectivity index is 0.000000165. The van der Waals surface area contributed by atoms with Gasteiger partial charge in [-0.05, 0) is 18.5 Å². The molecule has 0 saturated carbocycles. The molecule has 0 aliphatic rings. The summed E-state index contributed by atoms with van der Waals surface area (Å²) in [7, 11) is 0. The Morgan fingerprint density at radius 2 is 2.00 bits per heavy atom. The minimum atomic E-state index is 0.371. The van der Waals surface area contributed by atoms with E-state index in [0.29, 0.717) is 5.84 Å². The van der Waals surface area contributed by atoms with Gasteiger partial charge in [-0.25, -0.2) is 0 Å². The number of rotatable bonds is 1. The van der Waals surface area contributed by atoms with Crippen molar-refractivity contribution in [1.82, 2.24) is 20.6 Å². The maximum absolute atomic E-state index is 5.31. The van der Waals surface area contributed by atoms with Gasteiger partial charge in [-0.1, -0.05) is 18.2 Å². The summed E-state index contributed by atoms with van der Waals surface area (Å²) in [5, 5.41) is 18.0. The van der Waals surface area contributed by atoms with Crippen molar-refractivity contribution in [2.75, 3.05) is 0 Å². The Morgan fingerprint density at radius 3 is 2.29 bits per heavy atom. The third-order valence-corrected chi connectivity index (χ3v) is 1.35. The molecule has 0 atom stereocenters. The average molecular weight is 190 g/mol. The molecule has 6 nitrogen and oxygen atoms in total. The van der Waals surface area contributed by atoms with E-state index in [0.717, 1.165) is 5.56 Å². The topological polar surface area (TPSA) is 104 Å². The third-order valence-electron chi connectivity index (χ3n) is 1.35. The Bertz CT molecular complexity index is 337. The number of hydrogen-bond donors (Lipinski definition) is 2. The maximum Gasteiger partial charge on any atom is 0.270 e. The zero-order valence-electron chi connectivity index (χ0n) is 7.41. The van der Waals surface area contributed by atoms with Crippen molar-refractivity contribution in [3.05, 3.63) is 42.2 Å². The van der Waals surface area contributed by atoms with Gasteiger partial charge in [0, 0.05) is 0 Å². The molecule has 2 aromatic rings. The predicted octanol–water partition coefficient (Wildman–Crippen LogP) is -2.02. The van der Waals surface area contributed by atoms with Crippen LogP contribution >= 0.6 is 0 Å². The molecule has 1 aromatic carbocycles. The molecule has 0 aliphatic heterocycles. The molecule has 0 unspecified atom stereocenters. The predicted molar refractivity (Wildman–Crippen MR) is 49.8 cm³/mol. The first-order valence-corrected chi connectivity index (χ1v) is 3.85. The van der Waals surface area contributed by atoms with Crippen molar-refractivity contribution in [3.63, 3.8) is 0 Å². The molecular formula is C8H10N6. The number of aromatic nitrogens is 4. The summed E-state index contributed by atoms with van der Waals surface area (Å²) < 4.78 is 0. The lowest BCUT2D eigenvalue weighted by atomic mass is 10.2. The Hall–Kier alpha value is -2.24.